The van der Waals surface area contributed by atoms with Gasteiger partial charge in [0.2, 0.25) is 12.7 Å². The third-order valence-electron chi connectivity index (χ3n) is 5.76. The van der Waals surface area contributed by atoms with Crippen LogP contribution in [0.4, 0.5) is 5.69 Å². The molecule has 34 heavy (non-hydrogen) atoms. The number of nitrogens with zero attached hydrogens (tertiary/aromatic N) is 3. The molecule has 11 nitrogen and oxygen atoms in total. The third kappa shape index (κ3) is 3.78. The zero-order valence-corrected chi connectivity index (χ0v) is 18.6. The number of carbonyl (C=O) groups is 2. The van der Waals surface area contributed by atoms with Crippen LogP contribution in [-0.4, -0.2) is 39.4 Å². The molecule has 176 valence electrons. The number of hydrogen-bond acceptors (Lipinski definition) is 8. The van der Waals surface area contributed by atoms with Crippen LogP contribution in [0.15, 0.2) is 33.9 Å². The van der Waals surface area contributed by atoms with Crippen LogP contribution in [0.3, 0.4) is 0 Å². The number of rotatable bonds is 6. The lowest BCUT2D eigenvalue weighted by atomic mass is 10.1. The van der Waals surface area contributed by atoms with Gasteiger partial charge in [-0.15, -0.1) is 0 Å². The summed E-state index contributed by atoms with van der Waals surface area (Å²) < 4.78 is 17.7. The van der Waals surface area contributed by atoms with Crippen molar-refractivity contribution >= 4 is 28.6 Å². The molecule has 1 N–H and O–H groups in total. The highest BCUT2D eigenvalue weighted by Gasteiger charge is 2.29. The van der Waals surface area contributed by atoms with Gasteiger partial charge in [-0.1, -0.05) is 0 Å². The van der Waals surface area contributed by atoms with Crippen LogP contribution in [0.25, 0.3) is 11.0 Å². The van der Waals surface area contributed by atoms with Crippen molar-refractivity contribution in [2.24, 2.45) is 7.05 Å². The first-order valence-electron chi connectivity index (χ1n) is 10.9. The normalized spacial score (nSPS) is 14.3. The quantitative estimate of drug-likeness (QED) is 0.541. The molecule has 3 heterocycles. The molecule has 11 heteroatoms. The van der Waals surface area contributed by atoms with Crippen molar-refractivity contribution in [3.05, 3.63) is 56.4 Å². The van der Waals surface area contributed by atoms with Gasteiger partial charge in [0.15, 0.2) is 11.5 Å². The number of nitrogens with one attached hydrogen (secondary N) is 1. The number of anilines is 1. The summed E-state index contributed by atoms with van der Waals surface area (Å²) in [5.41, 5.74) is -0.300. The van der Waals surface area contributed by atoms with Gasteiger partial charge in [0, 0.05) is 30.4 Å². The number of fused-ring (bicyclic) bond motifs is 2. The number of hydrogen-bond donors (Lipinski definition) is 1. The zero-order chi connectivity index (χ0) is 24.0. The molecule has 0 unspecified atom stereocenters. The van der Waals surface area contributed by atoms with Crippen molar-refractivity contribution in [3.63, 3.8) is 0 Å². The van der Waals surface area contributed by atoms with Crippen LogP contribution in [0, 0.1) is 0 Å². The van der Waals surface area contributed by atoms with Crippen molar-refractivity contribution < 1.29 is 23.8 Å². The molecule has 0 atom stereocenters. The van der Waals surface area contributed by atoms with Crippen LogP contribution < -0.4 is 26.0 Å². The van der Waals surface area contributed by atoms with Gasteiger partial charge in [-0.3, -0.25) is 18.7 Å². The Morgan fingerprint density at radius 3 is 2.68 bits per heavy atom. The summed E-state index contributed by atoms with van der Waals surface area (Å²) in [7, 11) is 1.45. The van der Waals surface area contributed by atoms with E-state index in [9.17, 15) is 19.2 Å². The van der Waals surface area contributed by atoms with Crippen LogP contribution in [0.2, 0.25) is 0 Å². The Morgan fingerprint density at radius 1 is 1.18 bits per heavy atom. The molecule has 2 aliphatic rings. The minimum absolute atomic E-state index is 0.0410. The van der Waals surface area contributed by atoms with Gasteiger partial charge in [-0.25, -0.2) is 14.6 Å². The number of benzene rings is 1. The molecule has 0 bridgehead atoms. The number of ether oxygens (including phenoxy) is 3. The van der Waals surface area contributed by atoms with E-state index < -0.39 is 29.7 Å². The third-order valence-corrected chi connectivity index (χ3v) is 5.76. The Bertz CT molecular complexity index is 1450. The highest BCUT2D eigenvalue weighted by molar-refractivity contribution is 6.02. The highest BCUT2D eigenvalue weighted by atomic mass is 16.7. The van der Waals surface area contributed by atoms with Gasteiger partial charge in [0.05, 0.1) is 17.6 Å². The van der Waals surface area contributed by atoms with Crippen LogP contribution >= 0.6 is 0 Å². The number of aryl methyl sites for hydroxylation is 1. The molecule has 0 spiro atoms. The standard InChI is InChI=1S/C23H22N4O7/c1-3-32-22(30)14-9-15(12-4-5-12)25-20-19(14)21(29)27(23(31)26(20)2)10-18(28)24-13-6-7-16-17(8-13)34-11-33-16/h6-9,12H,3-5,10-11H2,1-2H3,(H,24,28). The average Bonchev–Trinajstić information content (AvgIpc) is 3.57. The fourth-order valence-electron chi connectivity index (χ4n) is 3.91. The molecule has 3 aromatic rings. The number of esters is 1. The van der Waals surface area contributed by atoms with E-state index in [0.29, 0.717) is 22.9 Å². The first-order chi connectivity index (χ1) is 16.4. The van der Waals surface area contributed by atoms with Gasteiger partial charge in [0.1, 0.15) is 12.2 Å². The minimum Gasteiger partial charge on any atom is -0.462 e. The Kier molecular flexibility index (Phi) is 5.31. The maximum atomic E-state index is 13.4. The molecule has 5 rings (SSSR count). The zero-order valence-electron chi connectivity index (χ0n) is 18.6. The number of amides is 1. The van der Waals surface area contributed by atoms with Crippen molar-refractivity contribution in [1.82, 2.24) is 14.1 Å². The summed E-state index contributed by atoms with van der Waals surface area (Å²) in [6.07, 6.45) is 1.84. The summed E-state index contributed by atoms with van der Waals surface area (Å²) in [6, 6.07) is 6.41. The molecule has 1 aliphatic carbocycles. The summed E-state index contributed by atoms with van der Waals surface area (Å²) in [6.45, 7) is 1.33. The van der Waals surface area contributed by atoms with E-state index in [2.05, 4.69) is 10.3 Å². The average molecular weight is 466 g/mol. The number of carbonyl (C=O) groups excluding carboxylic acids is 2. The second-order valence-corrected chi connectivity index (χ2v) is 8.14. The molecule has 0 saturated heterocycles. The van der Waals surface area contributed by atoms with Gasteiger partial charge in [-0.2, -0.15) is 0 Å². The Morgan fingerprint density at radius 2 is 1.94 bits per heavy atom. The lowest BCUT2D eigenvalue weighted by Crippen LogP contribution is -2.42. The Labute approximate surface area is 192 Å². The predicted molar refractivity (Wildman–Crippen MR) is 120 cm³/mol. The lowest BCUT2D eigenvalue weighted by molar-refractivity contribution is -0.116. The first kappa shape index (κ1) is 21.7. The van der Waals surface area contributed by atoms with Crippen molar-refractivity contribution in [2.75, 3.05) is 18.7 Å². The van der Waals surface area contributed by atoms with Gasteiger partial charge in [-0.05, 0) is 38.0 Å². The SMILES string of the molecule is CCOC(=O)c1cc(C2CC2)nc2c1c(=O)n(CC(=O)Nc1ccc3c(c1)OCO3)c(=O)n2C. The predicted octanol–water partition coefficient (Wildman–Crippen LogP) is 1.52. The monoisotopic (exact) mass is 466 g/mol. The van der Waals surface area contributed by atoms with E-state index in [4.69, 9.17) is 14.2 Å². The van der Waals surface area contributed by atoms with Gasteiger partial charge < -0.3 is 19.5 Å². The van der Waals surface area contributed by atoms with E-state index >= 15 is 0 Å². The van der Waals surface area contributed by atoms with Crippen LogP contribution in [-0.2, 0) is 23.1 Å². The maximum absolute atomic E-state index is 13.4. The van der Waals surface area contributed by atoms with E-state index in [1.54, 1.807) is 31.2 Å². The molecule has 1 aliphatic heterocycles. The number of pyridine rings is 1. The van der Waals surface area contributed by atoms with E-state index in [1.165, 1.54) is 11.6 Å². The van der Waals surface area contributed by atoms with Gasteiger partial charge in [0.25, 0.3) is 5.56 Å². The second kappa shape index (κ2) is 8.32. The fraction of sp³-hybridized carbons (Fsp3) is 0.348. The minimum atomic E-state index is -0.781. The smallest absolute Gasteiger partial charge is 0.339 e. The van der Waals surface area contributed by atoms with Crippen molar-refractivity contribution in [1.29, 1.82) is 0 Å². The molecular formula is C23H22N4O7. The number of aromatic nitrogens is 3. The topological polar surface area (TPSA) is 131 Å². The fourth-order valence-corrected chi connectivity index (χ4v) is 3.91. The largest absolute Gasteiger partial charge is 0.462 e. The molecule has 1 fully saturated rings. The highest BCUT2D eigenvalue weighted by Crippen LogP contribution is 2.40. The molecule has 1 amide bonds. The van der Waals surface area contributed by atoms with Gasteiger partial charge >= 0.3 is 11.7 Å². The summed E-state index contributed by atoms with van der Waals surface area (Å²) in [4.78, 5) is 56.2. The van der Waals surface area contributed by atoms with Crippen LogP contribution in [0.5, 0.6) is 11.5 Å². The first-order valence-corrected chi connectivity index (χ1v) is 10.9. The van der Waals surface area contributed by atoms with E-state index in [-0.39, 0.29) is 35.9 Å². The van der Waals surface area contributed by atoms with E-state index in [1.807, 2.05) is 0 Å². The summed E-state index contributed by atoms with van der Waals surface area (Å²) in [5.74, 6) is -0.0560. The molecular weight excluding hydrogens is 444 g/mol. The maximum Gasteiger partial charge on any atom is 0.339 e. The summed E-state index contributed by atoms with van der Waals surface area (Å²) in [5, 5.41) is 2.59. The summed E-state index contributed by atoms with van der Waals surface area (Å²) >= 11 is 0. The lowest BCUT2D eigenvalue weighted by Gasteiger charge is -2.14. The Hall–Kier alpha value is -4.15. The molecule has 1 aromatic carbocycles. The molecule has 1 saturated carbocycles. The van der Waals surface area contributed by atoms with Crippen molar-refractivity contribution in [2.45, 2.75) is 32.2 Å². The second-order valence-electron chi connectivity index (χ2n) is 8.14. The van der Waals surface area contributed by atoms with Crippen LogP contribution in [0.1, 0.15) is 41.7 Å². The molecule has 2 aromatic heterocycles. The van der Waals surface area contributed by atoms with E-state index in [0.717, 1.165) is 17.4 Å². The Balaban J connectivity index is 1.54. The molecule has 0 radical (unpaired) electrons. The van der Waals surface area contributed by atoms with Crippen molar-refractivity contribution in [3.8, 4) is 11.5 Å².